The highest BCUT2D eigenvalue weighted by Gasteiger charge is 2.22. The quantitative estimate of drug-likeness (QED) is 0.212. The fraction of sp³-hybridized carbons (Fsp3) is 0.516. The number of rotatable bonds is 11. The number of benzene rings is 2. The normalized spacial score (nSPS) is 18.0. The van der Waals surface area contributed by atoms with Gasteiger partial charge in [-0.2, -0.15) is 0 Å². The molecule has 1 fully saturated rings. The number of ether oxygens (including phenoxy) is 1. The van der Waals surface area contributed by atoms with Crippen LogP contribution in [0.1, 0.15) is 93.4 Å². The molecule has 1 aliphatic rings. The highest BCUT2D eigenvalue weighted by Crippen LogP contribution is 2.39. The molecule has 0 bridgehead atoms. The Labute approximate surface area is 206 Å². The van der Waals surface area contributed by atoms with Crippen molar-refractivity contribution in [2.45, 2.75) is 91.1 Å². The van der Waals surface area contributed by atoms with Crippen LogP contribution >= 0.6 is 0 Å². The molecule has 0 radical (unpaired) electrons. The molecule has 0 heterocycles. The second-order valence-corrected chi connectivity index (χ2v) is 10.1. The number of esters is 1. The Bertz CT molecular complexity index is 967. The Hall–Kier alpha value is -2.39. The van der Waals surface area contributed by atoms with Crippen LogP contribution in [0, 0.1) is 12.8 Å². The summed E-state index contributed by atoms with van der Waals surface area (Å²) in [5, 5.41) is 9.77. The van der Waals surface area contributed by atoms with Gasteiger partial charge in [-0.15, -0.1) is 0 Å². The smallest absolute Gasteiger partial charge is 0.333 e. The minimum atomic E-state index is -0.372. The third-order valence-electron chi connectivity index (χ3n) is 7.43. The Morgan fingerprint density at radius 1 is 1.06 bits per heavy atom. The van der Waals surface area contributed by atoms with Gasteiger partial charge in [-0.25, -0.2) is 4.79 Å². The van der Waals surface area contributed by atoms with Gasteiger partial charge in [0, 0.05) is 12.0 Å². The molecule has 0 unspecified atom stereocenters. The van der Waals surface area contributed by atoms with E-state index < -0.39 is 0 Å². The standard InChI is InChI=1S/C31H42O3/c1-5-6-7-8-24-9-11-25(12-10-24)26-15-16-30(23(4)19-26)28-13-14-29(21-32)27(20-28)17-18-34-31(33)22(2)3/h13-16,19-20,24-25,32H,2,5-12,17-18,21H2,1,3-4H3. The Morgan fingerprint density at radius 3 is 2.47 bits per heavy atom. The summed E-state index contributed by atoms with van der Waals surface area (Å²) in [7, 11) is 0. The number of aryl methyl sites for hydroxylation is 1. The van der Waals surface area contributed by atoms with Crippen LogP contribution in [0.5, 0.6) is 0 Å². The van der Waals surface area contributed by atoms with Crippen molar-refractivity contribution in [2.75, 3.05) is 6.61 Å². The Morgan fingerprint density at radius 2 is 1.82 bits per heavy atom. The van der Waals surface area contributed by atoms with Gasteiger partial charge in [-0.3, -0.25) is 0 Å². The van der Waals surface area contributed by atoms with Gasteiger partial charge >= 0.3 is 5.97 Å². The van der Waals surface area contributed by atoms with E-state index in [-0.39, 0.29) is 19.2 Å². The first-order valence-corrected chi connectivity index (χ1v) is 13.1. The number of aliphatic hydroxyl groups excluding tert-OH is 1. The SMILES string of the molecule is C=C(C)C(=O)OCCc1cc(-c2ccc(C3CCC(CCCCC)CC3)cc2C)ccc1CO. The molecule has 0 aliphatic heterocycles. The predicted octanol–water partition coefficient (Wildman–Crippen LogP) is 7.67. The highest BCUT2D eigenvalue weighted by atomic mass is 16.5. The van der Waals surface area contributed by atoms with E-state index in [4.69, 9.17) is 4.74 Å². The summed E-state index contributed by atoms with van der Waals surface area (Å²) in [6.45, 7) is 10.0. The molecule has 3 nitrogen and oxygen atoms in total. The van der Waals surface area contributed by atoms with Crippen LogP contribution < -0.4 is 0 Å². The fourth-order valence-corrected chi connectivity index (χ4v) is 5.29. The molecule has 34 heavy (non-hydrogen) atoms. The van der Waals surface area contributed by atoms with Gasteiger partial charge in [-0.05, 0) is 84.7 Å². The summed E-state index contributed by atoms with van der Waals surface area (Å²) in [4.78, 5) is 11.7. The van der Waals surface area contributed by atoms with Crippen molar-refractivity contribution in [1.82, 2.24) is 0 Å². The second kappa shape index (κ2) is 12.9. The minimum absolute atomic E-state index is 0.0247. The lowest BCUT2D eigenvalue weighted by Gasteiger charge is -2.29. The molecule has 1 saturated carbocycles. The van der Waals surface area contributed by atoms with E-state index in [1.807, 2.05) is 6.07 Å². The summed E-state index contributed by atoms with van der Waals surface area (Å²) >= 11 is 0. The lowest BCUT2D eigenvalue weighted by molar-refractivity contribution is -0.138. The van der Waals surface area contributed by atoms with Crippen molar-refractivity contribution >= 4 is 5.97 Å². The third-order valence-corrected chi connectivity index (χ3v) is 7.43. The van der Waals surface area contributed by atoms with Gasteiger partial charge in [0.1, 0.15) is 0 Å². The lowest BCUT2D eigenvalue weighted by Crippen LogP contribution is -2.13. The summed E-state index contributed by atoms with van der Waals surface area (Å²) in [5.74, 6) is 1.25. The number of hydrogen-bond acceptors (Lipinski definition) is 3. The molecule has 1 aliphatic carbocycles. The van der Waals surface area contributed by atoms with Gasteiger partial charge < -0.3 is 9.84 Å². The first-order valence-electron chi connectivity index (χ1n) is 13.1. The molecule has 184 valence electrons. The zero-order valence-electron chi connectivity index (χ0n) is 21.4. The van der Waals surface area contributed by atoms with Crippen molar-refractivity contribution in [1.29, 1.82) is 0 Å². The number of carbonyl (C=O) groups excluding carboxylic acids is 1. The van der Waals surface area contributed by atoms with Crippen molar-refractivity contribution < 1.29 is 14.6 Å². The topological polar surface area (TPSA) is 46.5 Å². The van der Waals surface area contributed by atoms with Gasteiger partial charge in [0.05, 0.1) is 13.2 Å². The van der Waals surface area contributed by atoms with E-state index in [0.717, 1.165) is 22.6 Å². The largest absolute Gasteiger partial charge is 0.462 e. The maximum absolute atomic E-state index is 11.7. The molecule has 2 aromatic carbocycles. The van der Waals surface area contributed by atoms with Crippen molar-refractivity contribution in [2.24, 2.45) is 5.92 Å². The lowest BCUT2D eigenvalue weighted by atomic mass is 9.76. The van der Waals surface area contributed by atoms with Gasteiger partial charge in [0.2, 0.25) is 0 Å². The Kier molecular flexibility index (Phi) is 9.95. The third kappa shape index (κ3) is 7.06. The maximum atomic E-state index is 11.7. The van der Waals surface area contributed by atoms with Crippen LogP contribution in [0.3, 0.4) is 0 Å². The molecule has 1 N–H and O–H groups in total. The van der Waals surface area contributed by atoms with Crippen molar-refractivity contribution in [3.63, 3.8) is 0 Å². The predicted molar refractivity (Wildman–Crippen MR) is 141 cm³/mol. The molecule has 0 spiro atoms. The molecule has 0 aromatic heterocycles. The van der Waals surface area contributed by atoms with Gasteiger partial charge in [-0.1, -0.05) is 75.6 Å². The molecule has 3 rings (SSSR count). The van der Waals surface area contributed by atoms with Crippen molar-refractivity contribution in [3.05, 3.63) is 70.8 Å². The zero-order chi connectivity index (χ0) is 24.5. The van der Waals surface area contributed by atoms with E-state index in [1.54, 1.807) is 6.92 Å². The molecular weight excluding hydrogens is 420 g/mol. The first kappa shape index (κ1) is 26.2. The Balaban J connectivity index is 1.67. The zero-order valence-corrected chi connectivity index (χ0v) is 21.4. The van der Waals surface area contributed by atoms with E-state index in [9.17, 15) is 9.90 Å². The van der Waals surface area contributed by atoms with Gasteiger partial charge in [0.15, 0.2) is 0 Å². The molecule has 0 amide bonds. The molecule has 0 saturated heterocycles. The monoisotopic (exact) mass is 462 g/mol. The molecule has 2 aromatic rings. The number of carbonyl (C=O) groups is 1. The number of aliphatic hydroxyl groups is 1. The van der Waals surface area contributed by atoms with E-state index in [0.29, 0.717) is 17.9 Å². The maximum Gasteiger partial charge on any atom is 0.333 e. The minimum Gasteiger partial charge on any atom is -0.462 e. The van der Waals surface area contributed by atoms with E-state index in [1.165, 1.54) is 68.1 Å². The first-order chi connectivity index (χ1) is 16.4. The summed E-state index contributed by atoms with van der Waals surface area (Å²) in [6, 6.07) is 13.2. The van der Waals surface area contributed by atoms with Crippen LogP contribution in [0.15, 0.2) is 48.6 Å². The average Bonchev–Trinajstić information content (AvgIpc) is 2.84. The number of hydrogen-bond donors (Lipinski definition) is 1. The average molecular weight is 463 g/mol. The fourth-order valence-electron chi connectivity index (χ4n) is 5.29. The summed E-state index contributed by atoms with van der Waals surface area (Å²) < 4.78 is 5.27. The van der Waals surface area contributed by atoms with Crippen LogP contribution in [-0.2, 0) is 22.6 Å². The van der Waals surface area contributed by atoms with Crippen molar-refractivity contribution in [3.8, 4) is 11.1 Å². The van der Waals surface area contributed by atoms with Crippen LogP contribution in [0.4, 0.5) is 0 Å². The number of unbranched alkanes of at least 4 members (excludes halogenated alkanes) is 2. The van der Waals surface area contributed by atoms with Gasteiger partial charge in [0.25, 0.3) is 0 Å². The molecular formula is C31H42O3. The van der Waals surface area contributed by atoms with E-state index in [2.05, 4.69) is 50.8 Å². The second-order valence-electron chi connectivity index (χ2n) is 10.1. The van der Waals surface area contributed by atoms with Crippen LogP contribution in [0.25, 0.3) is 11.1 Å². The van der Waals surface area contributed by atoms with Crippen LogP contribution in [-0.4, -0.2) is 17.7 Å². The summed E-state index contributed by atoms with van der Waals surface area (Å²) in [5.41, 5.74) is 7.42. The van der Waals surface area contributed by atoms with E-state index >= 15 is 0 Å². The molecule has 3 heteroatoms. The molecule has 0 atom stereocenters. The summed E-state index contributed by atoms with van der Waals surface area (Å²) in [6.07, 6.45) is 11.4. The van der Waals surface area contributed by atoms with Crippen LogP contribution in [0.2, 0.25) is 0 Å². The highest BCUT2D eigenvalue weighted by molar-refractivity contribution is 5.86.